The van der Waals surface area contributed by atoms with Gasteiger partial charge >= 0.3 is 0 Å². The Morgan fingerprint density at radius 2 is 1.77 bits per heavy atom. The molecule has 1 N–H and O–H groups in total. The Morgan fingerprint density at radius 1 is 1.03 bits per heavy atom. The molecule has 4 heterocycles. The van der Waals surface area contributed by atoms with Crippen molar-refractivity contribution in [3.05, 3.63) is 69.6 Å². The third kappa shape index (κ3) is 6.15. The number of benzene rings is 1. The van der Waals surface area contributed by atoms with Crippen LogP contribution in [0.15, 0.2) is 53.6 Å². The van der Waals surface area contributed by atoms with E-state index in [0.29, 0.717) is 24.8 Å². The van der Waals surface area contributed by atoms with E-state index in [2.05, 4.69) is 22.4 Å². The molecule has 3 aliphatic heterocycles. The summed E-state index contributed by atoms with van der Waals surface area (Å²) in [5.74, 6) is 0.520. The zero-order chi connectivity index (χ0) is 24.0. The summed E-state index contributed by atoms with van der Waals surface area (Å²) in [6.45, 7) is 4.41. The lowest BCUT2D eigenvalue weighted by Gasteiger charge is -2.40. The summed E-state index contributed by atoms with van der Waals surface area (Å²) in [7, 11) is 0. The van der Waals surface area contributed by atoms with E-state index < -0.39 is 6.29 Å². The number of thiophene rings is 1. The molecule has 3 aliphatic rings. The van der Waals surface area contributed by atoms with Gasteiger partial charge in [-0.2, -0.15) is 0 Å². The van der Waals surface area contributed by atoms with Gasteiger partial charge in [-0.05, 0) is 67.4 Å². The van der Waals surface area contributed by atoms with E-state index in [4.69, 9.17) is 9.47 Å². The van der Waals surface area contributed by atoms with Gasteiger partial charge in [0.25, 0.3) is 5.91 Å². The Balaban J connectivity index is 1.22. The van der Waals surface area contributed by atoms with E-state index in [0.717, 1.165) is 37.1 Å². The fourth-order valence-electron chi connectivity index (χ4n) is 5.41. The van der Waals surface area contributed by atoms with Crippen molar-refractivity contribution in [2.75, 3.05) is 26.2 Å². The highest BCUT2D eigenvalue weighted by Crippen LogP contribution is 2.35. The number of ether oxygens (including phenoxy) is 2. The largest absolute Gasteiger partial charge is 0.459 e. The van der Waals surface area contributed by atoms with Gasteiger partial charge in [0.2, 0.25) is 6.29 Å². The molecule has 0 unspecified atom stereocenters. The Labute approximate surface area is 212 Å². The maximum absolute atomic E-state index is 13.5. The quantitative estimate of drug-likeness (QED) is 0.605. The second kappa shape index (κ2) is 11.7. The minimum absolute atomic E-state index is 0.00995. The van der Waals surface area contributed by atoms with Crippen LogP contribution >= 0.6 is 11.3 Å². The standard InChI is InChI=1S/C28H36N2O4S/c31-19-21-6-8-22(9-7-21)20-33-27-18-23(26-5-4-16-35-26)17-25(34-27)28(32)30-14-10-24(11-15-30)29-12-2-1-3-13-29/h4-9,16-17,23-24,27,31H,1-3,10-15,18-20H2/t23-,27+/m0/s1. The molecule has 2 fully saturated rings. The number of aliphatic hydroxyl groups excluding tert-OH is 1. The first-order valence-corrected chi connectivity index (χ1v) is 13.8. The molecule has 1 aromatic carbocycles. The number of amides is 1. The number of likely N-dealkylation sites (tertiary alicyclic amines) is 2. The molecule has 2 aromatic rings. The number of aliphatic hydroxyl groups is 1. The Bertz CT molecular complexity index is 977. The first-order chi connectivity index (χ1) is 17.2. The van der Waals surface area contributed by atoms with Crippen LogP contribution in [0.1, 0.15) is 60.4 Å². The highest BCUT2D eigenvalue weighted by atomic mass is 32.1. The van der Waals surface area contributed by atoms with Crippen molar-refractivity contribution in [3.8, 4) is 0 Å². The van der Waals surface area contributed by atoms with Crippen molar-refractivity contribution in [2.24, 2.45) is 0 Å². The lowest BCUT2D eigenvalue weighted by molar-refractivity contribution is -0.156. The first-order valence-electron chi connectivity index (χ1n) is 12.9. The average Bonchev–Trinajstić information content (AvgIpc) is 3.48. The van der Waals surface area contributed by atoms with Crippen LogP contribution in [0, 0.1) is 0 Å². The monoisotopic (exact) mass is 496 g/mol. The number of rotatable bonds is 7. The SMILES string of the molecule is O=C(C1=C[C@H](c2cccs2)C[C@H](OCc2ccc(CO)cc2)O1)N1CCC(N2CCCCC2)CC1. The van der Waals surface area contributed by atoms with E-state index >= 15 is 0 Å². The molecule has 2 saturated heterocycles. The van der Waals surface area contributed by atoms with Gasteiger partial charge in [-0.15, -0.1) is 11.3 Å². The maximum atomic E-state index is 13.5. The van der Waals surface area contributed by atoms with Crippen LogP contribution in [0.2, 0.25) is 0 Å². The lowest BCUT2D eigenvalue weighted by atomic mass is 9.98. The second-order valence-corrected chi connectivity index (χ2v) is 10.8. The average molecular weight is 497 g/mol. The molecule has 7 heteroatoms. The Kier molecular flexibility index (Phi) is 8.19. The molecule has 1 amide bonds. The molecular formula is C28H36N2O4S. The fraction of sp³-hybridized carbons (Fsp3) is 0.536. The van der Waals surface area contributed by atoms with Crippen LogP contribution in [0.3, 0.4) is 0 Å². The molecule has 35 heavy (non-hydrogen) atoms. The van der Waals surface area contributed by atoms with Crippen LogP contribution in [0.5, 0.6) is 0 Å². The second-order valence-electron chi connectivity index (χ2n) is 9.84. The number of hydrogen-bond donors (Lipinski definition) is 1. The molecule has 2 atom stereocenters. The third-order valence-electron chi connectivity index (χ3n) is 7.48. The minimum atomic E-state index is -0.477. The van der Waals surface area contributed by atoms with Gasteiger partial charge in [-0.3, -0.25) is 4.79 Å². The summed E-state index contributed by atoms with van der Waals surface area (Å²) in [5.41, 5.74) is 1.89. The van der Waals surface area contributed by atoms with Crippen molar-refractivity contribution >= 4 is 17.2 Å². The molecular weight excluding hydrogens is 460 g/mol. The van der Waals surface area contributed by atoms with Gasteiger partial charge in [0.15, 0.2) is 5.76 Å². The molecule has 0 bridgehead atoms. The van der Waals surface area contributed by atoms with Gasteiger partial charge in [-0.25, -0.2) is 0 Å². The predicted octanol–water partition coefficient (Wildman–Crippen LogP) is 4.65. The molecule has 1 aromatic heterocycles. The number of carbonyl (C=O) groups is 1. The Morgan fingerprint density at radius 3 is 2.46 bits per heavy atom. The van der Waals surface area contributed by atoms with Gasteiger partial charge in [0, 0.05) is 36.3 Å². The highest BCUT2D eigenvalue weighted by Gasteiger charge is 2.34. The normalized spacial score (nSPS) is 24.1. The lowest BCUT2D eigenvalue weighted by Crippen LogP contribution is -2.49. The maximum Gasteiger partial charge on any atom is 0.288 e. The van der Waals surface area contributed by atoms with Crippen molar-refractivity contribution in [1.82, 2.24) is 9.80 Å². The van der Waals surface area contributed by atoms with Crippen LogP contribution in [0.25, 0.3) is 0 Å². The molecule has 188 valence electrons. The molecule has 0 spiro atoms. The first kappa shape index (κ1) is 24.5. The van der Waals surface area contributed by atoms with Crippen LogP contribution in [-0.2, 0) is 27.5 Å². The van der Waals surface area contributed by atoms with Crippen molar-refractivity contribution < 1.29 is 19.4 Å². The van der Waals surface area contributed by atoms with Crippen LogP contribution in [0.4, 0.5) is 0 Å². The fourth-order valence-corrected chi connectivity index (χ4v) is 6.23. The molecule has 0 radical (unpaired) electrons. The molecule has 5 rings (SSSR count). The summed E-state index contributed by atoms with van der Waals surface area (Å²) in [6.07, 6.45) is 8.24. The van der Waals surface area contributed by atoms with Gasteiger partial charge in [0.1, 0.15) is 0 Å². The molecule has 0 aliphatic carbocycles. The van der Waals surface area contributed by atoms with Gasteiger partial charge < -0.3 is 24.4 Å². The number of nitrogens with zero attached hydrogens (tertiary/aromatic N) is 2. The summed E-state index contributed by atoms with van der Waals surface area (Å²) in [5, 5.41) is 11.3. The number of piperidine rings is 2. The van der Waals surface area contributed by atoms with E-state index in [1.807, 2.05) is 35.2 Å². The van der Waals surface area contributed by atoms with Crippen molar-refractivity contribution in [1.29, 1.82) is 0 Å². The van der Waals surface area contributed by atoms with Crippen LogP contribution in [-0.4, -0.2) is 59.3 Å². The number of allylic oxidation sites excluding steroid dienone is 1. The molecule has 6 nitrogen and oxygen atoms in total. The third-order valence-corrected chi connectivity index (χ3v) is 8.48. The summed E-state index contributed by atoms with van der Waals surface area (Å²) >= 11 is 1.71. The minimum Gasteiger partial charge on any atom is -0.459 e. The van der Waals surface area contributed by atoms with Gasteiger partial charge in [0.05, 0.1) is 13.2 Å². The van der Waals surface area contributed by atoms with Gasteiger partial charge in [-0.1, -0.05) is 36.8 Å². The zero-order valence-corrected chi connectivity index (χ0v) is 21.1. The number of carbonyl (C=O) groups excluding carboxylic acids is 1. The van der Waals surface area contributed by atoms with E-state index in [1.165, 1.54) is 37.2 Å². The number of hydrogen-bond acceptors (Lipinski definition) is 6. The van der Waals surface area contributed by atoms with Crippen LogP contribution < -0.4 is 0 Å². The summed E-state index contributed by atoms with van der Waals surface area (Å²) in [4.78, 5) is 19.3. The molecule has 0 saturated carbocycles. The van der Waals surface area contributed by atoms with E-state index in [1.54, 1.807) is 11.3 Å². The van der Waals surface area contributed by atoms with Crippen molar-refractivity contribution in [2.45, 2.75) is 70.0 Å². The predicted molar refractivity (Wildman–Crippen MR) is 137 cm³/mol. The van der Waals surface area contributed by atoms with E-state index in [-0.39, 0.29) is 18.4 Å². The van der Waals surface area contributed by atoms with Crippen molar-refractivity contribution in [3.63, 3.8) is 0 Å². The zero-order valence-electron chi connectivity index (χ0n) is 20.3. The summed E-state index contributed by atoms with van der Waals surface area (Å²) < 4.78 is 12.3. The topological polar surface area (TPSA) is 62.2 Å². The smallest absolute Gasteiger partial charge is 0.288 e. The van der Waals surface area contributed by atoms with E-state index in [9.17, 15) is 9.90 Å². The highest BCUT2D eigenvalue weighted by molar-refractivity contribution is 7.10. The summed E-state index contributed by atoms with van der Waals surface area (Å²) in [6, 6.07) is 12.5. The Hall–Kier alpha value is -2.19.